The molecule has 0 saturated carbocycles. The largest absolute Gasteiger partial charge is 0.493 e. The third-order valence-electron chi connectivity index (χ3n) is 2.26. The van der Waals surface area contributed by atoms with Gasteiger partial charge in [-0.05, 0) is 11.6 Å². The summed E-state index contributed by atoms with van der Waals surface area (Å²) in [5.41, 5.74) is 0.250. The molecule has 0 saturated heterocycles. The molecule has 5 heteroatoms. The minimum atomic E-state index is 0.0693. The summed E-state index contributed by atoms with van der Waals surface area (Å²) in [7, 11) is 1.48. The monoisotopic (exact) mass is 234 g/mol. The Morgan fingerprint density at radius 1 is 1.41 bits per heavy atom. The number of nitroso groups, excluding NO2 is 1. The Hall–Kier alpha value is -2.09. The van der Waals surface area contributed by atoms with Crippen molar-refractivity contribution in [3.8, 4) is 17.6 Å². The molecule has 0 unspecified atom stereocenters. The van der Waals surface area contributed by atoms with Crippen LogP contribution in [0.4, 0.5) is 5.69 Å². The number of rotatable bonds is 6. The molecule has 0 fully saturated rings. The highest BCUT2D eigenvalue weighted by atomic mass is 16.5. The molecule has 0 amide bonds. The Balaban J connectivity index is 3.02. The SMILES string of the molecule is CCCCOc1cc(N=O)c(C#N)cc1OC. The lowest BCUT2D eigenvalue weighted by Gasteiger charge is -2.11. The van der Waals surface area contributed by atoms with E-state index in [2.05, 4.69) is 12.1 Å². The number of benzene rings is 1. The summed E-state index contributed by atoms with van der Waals surface area (Å²) in [6.45, 7) is 2.59. The van der Waals surface area contributed by atoms with Gasteiger partial charge in [0, 0.05) is 12.1 Å². The molecule has 0 aromatic heterocycles. The van der Waals surface area contributed by atoms with Crippen molar-refractivity contribution in [2.75, 3.05) is 13.7 Å². The smallest absolute Gasteiger partial charge is 0.163 e. The Bertz CT molecular complexity index is 438. The van der Waals surface area contributed by atoms with Gasteiger partial charge in [0.05, 0.1) is 19.3 Å². The van der Waals surface area contributed by atoms with Gasteiger partial charge in [-0.2, -0.15) is 5.26 Å². The average molecular weight is 234 g/mol. The van der Waals surface area contributed by atoms with Gasteiger partial charge in [0.2, 0.25) is 0 Å². The van der Waals surface area contributed by atoms with Gasteiger partial charge in [-0.15, -0.1) is 4.91 Å². The Morgan fingerprint density at radius 3 is 2.71 bits per heavy atom. The molecular weight excluding hydrogens is 220 g/mol. The summed E-state index contributed by atoms with van der Waals surface area (Å²) in [4.78, 5) is 10.6. The van der Waals surface area contributed by atoms with Gasteiger partial charge < -0.3 is 9.47 Å². The van der Waals surface area contributed by atoms with E-state index < -0.39 is 0 Å². The first kappa shape index (κ1) is 13.0. The van der Waals surface area contributed by atoms with Crippen molar-refractivity contribution in [2.45, 2.75) is 19.8 Å². The van der Waals surface area contributed by atoms with Crippen LogP contribution in [0.15, 0.2) is 17.3 Å². The molecular formula is C12H14N2O3. The van der Waals surface area contributed by atoms with E-state index >= 15 is 0 Å². The highest BCUT2D eigenvalue weighted by Gasteiger charge is 2.12. The topological polar surface area (TPSA) is 71.7 Å². The normalized spacial score (nSPS) is 9.47. The standard InChI is InChI=1S/C12H14N2O3/c1-3-4-5-17-12-7-10(14-15)9(8-13)6-11(12)16-2/h6-7H,3-5H2,1-2H3. The summed E-state index contributed by atoms with van der Waals surface area (Å²) >= 11 is 0. The van der Waals surface area contributed by atoms with Gasteiger partial charge in [0.25, 0.3) is 0 Å². The highest BCUT2D eigenvalue weighted by molar-refractivity contribution is 5.61. The number of nitriles is 1. The van der Waals surface area contributed by atoms with Gasteiger partial charge >= 0.3 is 0 Å². The summed E-state index contributed by atoms with van der Waals surface area (Å²) < 4.78 is 10.6. The Kier molecular flexibility index (Phi) is 4.95. The van der Waals surface area contributed by atoms with E-state index in [4.69, 9.17) is 14.7 Å². The zero-order valence-corrected chi connectivity index (χ0v) is 9.90. The zero-order valence-electron chi connectivity index (χ0n) is 9.90. The quantitative estimate of drug-likeness (QED) is 0.560. The number of methoxy groups -OCH3 is 1. The van der Waals surface area contributed by atoms with Crippen LogP contribution in [0, 0.1) is 16.2 Å². The third kappa shape index (κ3) is 3.18. The molecule has 0 aliphatic rings. The van der Waals surface area contributed by atoms with E-state index in [0.29, 0.717) is 18.1 Å². The predicted octanol–water partition coefficient (Wildman–Crippen LogP) is 3.14. The maximum atomic E-state index is 10.6. The van der Waals surface area contributed by atoms with Crippen LogP contribution in [0.25, 0.3) is 0 Å². The van der Waals surface area contributed by atoms with Crippen LogP contribution < -0.4 is 9.47 Å². The molecule has 0 aliphatic carbocycles. The van der Waals surface area contributed by atoms with Crippen LogP contribution in [0.5, 0.6) is 11.5 Å². The maximum absolute atomic E-state index is 10.6. The number of ether oxygens (including phenoxy) is 2. The van der Waals surface area contributed by atoms with Crippen molar-refractivity contribution in [3.05, 3.63) is 22.6 Å². The van der Waals surface area contributed by atoms with Gasteiger partial charge in [-0.25, -0.2) is 0 Å². The molecule has 1 rings (SSSR count). The fourth-order valence-corrected chi connectivity index (χ4v) is 1.31. The van der Waals surface area contributed by atoms with E-state index in [1.807, 2.05) is 6.07 Å². The van der Waals surface area contributed by atoms with Gasteiger partial charge in [0.15, 0.2) is 11.5 Å². The lowest BCUT2D eigenvalue weighted by Crippen LogP contribution is -1.99. The van der Waals surface area contributed by atoms with Gasteiger partial charge in [-0.1, -0.05) is 13.3 Å². The number of hydrogen-bond acceptors (Lipinski definition) is 5. The van der Waals surface area contributed by atoms with Crippen LogP contribution in [0.1, 0.15) is 25.3 Å². The molecule has 0 aliphatic heterocycles. The summed E-state index contributed by atoms with van der Waals surface area (Å²) in [5, 5.41) is 11.6. The molecule has 1 aromatic rings. The molecule has 0 radical (unpaired) electrons. The van der Waals surface area contributed by atoms with Crippen molar-refractivity contribution in [1.82, 2.24) is 0 Å². The minimum absolute atomic E-state index is 0.0693. The minimum Gasteiger partial charge on any atom is -0.493 e. The van der Waals surface area contributed by atoms with Crippen molar-refractivity contribution in [2.24, 2.45) is 5.18 Å². The van der Waals surface area contributed by atoms with Crippen molar-refractivity contribution >= 4 is 5.69 Å². The highest BCUT2D eigenvalue weighted by Crippen LogP contribution is 2.34. The van der Waals surface area contributed by atoms with Gasteiger partial charge in [0.1, 0.15) is 11.8 Å². The van der Waals surface area contributed by atoms with E-state index in [9.17, 15) is 4.91 Å². The molecule has 5 nitrogen and oxygen atoms in total. The first-order chi connectivity index (χ1) is 8.26. The molecule has 17 heavy (non-hydrogen) atoms. The Labute approximate surface area is 99.9 Å². The summed E-state index contributed by atoms with van der Waals surface area (Å²) in [6.07, 6.45) is 1.92. The number of hydrogen-bond donors (Lipinski definition) is 0. The fourth-order valence-electron chi connectivity index (χ4n) is 1.31. The number of unbranched alkanes of at least 4 members (excludes halogenated alkanes) is 1. The second kappa shape index (κ2) is 6.48. The van der Waals surface area contributed by atoms with Crippen LogP contribution in [0.3, 0.4) is 0 Å². The Morgan fingerprint density at radius 2 is 2.18 bits per heavy atom. The van der Waals surface area contributed by atoms with Crippen molar-refractivity contribution < 1.29 is 9.47 Å². The maximum Gasteiger partial charge on any atom is 0.163 e. The first-order valence-electron chi connectivity index (χ1n) is 5.35. The second-order valence-corrected chi connectivity index (χ2v) is 3.43. The summed E-state index contributed by atoms with van der Waals surface area (Å²) in [6, 6.07) is 4.77. The molecule has 0 bridgehead atoms. The average Bonchev–Trinajstić information content (AvgIpc) is 2.38. The predicted molar refractivity (Wildman–Crippen MR) is 63.6 cm³/mol. The summed E-state index contributed by atoms with van der Waals surface area (Å²) in [5.74, 6) is 0.875. The third-order valence-corrected chi connectivity index (χ3v) is 2.26. The van der Waals surface area contributed by atoms with Crippen LogP contribution in [0.2, 0.25) is 0 Å². The van der Waals surface area contributed by atoms with E-state index in [1.165, 1.54) is 19.2 Å². The van der Waals surface area contributed by atoms with E-state index in [-0.39, 0.29) is 11.3 Å². The molecule has 0 N–H and O–H groups in total. The lowest BCUT2D eigenvalue weighted by molar-refractivity contribution is 0.288. The van der Waals surface area contributed by atoms with E-state index in [1.54, 1.807) is 0 Å². The molecule has 1 aromatic carbocycles. The molecule has 0 atom stereocenters. The lowest BCUT2D eigenvalue weighted by atomic mass is 10.2. The van der Waals surface area contributed by atoms with Crippen LogP contribution >= 0.6 is 0 Å². The first-order valence-corrected chi connectivity index (χ1v) is 5.35. The second-order valence-electron chi connectivity index (χ2n) is 3.43. The molecule has 0 heterocycles. The molecule has 0 spiro atoms. The fraction of sp³-hybridized carbons (Fsp3) is 0.417. The number of nitrogens with zero attached hydrogens (tertiary/aromatic N) is 2. The van der Waals surface area contributed by atoms with Crippen LogP contribution in [-0.4, -0.2) is 13.7 Å². The zero-order chi connectivity index (χ0) is 12.7. The van der Waals surface area contributed by atoms with Crippen LogP contribution in [-0.2, 0) is 0 Å². The van der Waals surface area contributed by atoms with Gasteiger partial charge in [-0.3, -0.25) is 0 Å². The van der Waals surface area contributed by atoms with Crippen molar-refractivity contribution in [1.29, 1.82) is 5.26 Å². The van der Waals surface area contributed by atoms with Crippen molar-refractivity contribution in [3.63, 3.8) is 0 Å². The van der Waals surface area contributed by atoms with E-state index in [0.717, 1.165) is 12.8 Å². The molecule has 90 valence electrons.